The molecule has 0 fully saturated rings. The number of aromatic nitrogens is 1. The fraction of sp³-hybridized carbons (Fsp3) is 0.308. The van der Waals surface area contributed by atoms with Gasteiger partial charge in [-0.2, -0.15) is 0 Å². The van der Waals surface area contributed by atoms with E-state index in [1.54, 1.807) is 6.07 Å². The lowest BCUT2D eigenvalue weighted by Crippen LogP contribution is -2.15. The van der Waals surface area contributed by atoms with Crippen LogP contribution >= 0.6 is 11.3 Å². The van der Waals surface area contributed by atoms with Gasteiger partial charge in [-0.05, 0) is 24.7 Å². The minimum absolute atomic E-state index is 0.611. The molecule has 0 radical (unpaired) electrons. The van der Waals surface area contributed by atoms with Crippen LogP contribution in [0.15, 0.2) is 23.6 Å². The first-order valence-corrected chi connectivity index (χ1v) is 6.69. The summed E-state index contributed by atoms with van der Waals surface area (Å²) in [4.78, 5) is 4.41. The summed E-state index contributed by atoms with van der Waals surface area (Å²) in [6.07, 6.45) is 0.849. The molecule has 1 aromatic heterocycles. The van der Waals surface area contributed by atoms with Crippen LogP contribution < -0.4 is 5.32 Å². The molecule has 0 aliphatic carbocycles. The average Bonchev–Trinajstić information content (AvgIpc) is 2.82. The molecule has 0 saturated heterocycles. The Balaban J connectivity index is 2.11. The maximum Gasteiger partial charge on any atom is 0.159 e. The summed E-state index contributed by atoms with van der Waals surface area (Å²) in [7, 11) is 0. The number of nitrogens with one attached hydrogen (secondary N) is 1. The number of halogens is 2. The van der Waals surface area contributed by atoms with E-state index in [2.05, 4.69) is 17.2 Å². The molecule has 0 atom stereocenters. The molecule has 5 heteroatoms. The topological polar surface area (TPSA) is 24.9 Å². The van der Waals surface area contributed by atoms with Crippen LogP contribution in [0.5, 0.6) is 0 Å². The molecule has 18 heavy (non-hydrogen) atoms. The van der Waals surface area contributed by atoms with Gasteiger partial charge in [0.25, 0.3) is 0 Å². The number of benzene rings is 1. The largest absolute Gasteiger partial charge is 0.317 e. The van der Waals surface area contributed by atoms with E-state index < -0.39 is 11.6 Å². The highest BCUT2D eigenvalue weighted by Crippen LogP contribution is 2.23. The zero-order valence-electron chi connectivity index (χ0n) is 10.0. The third-order valence-electron chi connectivity index (χ3n) is 2.53. The first-order valence-electron chi connectivity index (χ1n) is 5.81. The van der Waals surface area contributed by atoms with E-state index in [0.29, 0.717) is 11.3 Å². The number of likely N-dealkylation sites (N-methyl/N-ethyl adjacent to an activating group) is 1. The lowest BCUT2D eigenvalue weighted by Gasteiger charge is -1.99. The number of hydrogen-bond donors (Lipinski definition) is 1. The fourth-order valence-electron chi connectivity index (χ4n) is 1.59. The standard InChI is InChI=1S/C13H14F2N2S/c1-2-16-6-5-13-17-12(8-18-13)9-3-4-10(14)11(15)7-9/h3-4,7-8,16H,2,5-6H2,1H3. The maximum atomic E-state index is 13.1. The summed E-state index contributed by atoms with van der Waals surface area (Å²) in [6.45, 7) is 3.86. The summed E-state index contributed by atoms with van der Waals surface area (Å²) >= 11 is 1.54. The minimum Gasteiger partial charge on any atom is -0.317 e. The second-order valence-electron chi connectivity index (χ2n) is 3.86. The Hall–Kier alpha value is -1.33. The molecule has 0 amide bonds. The minimum atomic E-state index is -0.838. The monoisotopic (exact) mass is 268 g/mol. The van der Waals surface area contributed by atoms with Crippen LogP contribution in [-0.2, 0) is 6.42 Å². The number of rotatable bonds is 5. The van der Waals surface area contributed by atoms with E-state index in [1.165, 1.54) is 17.4 Å². The van der Waals surface area contributed by atoms with Crippen molar-refractivity contribution in [2.75, 3.05) is 13.1 Å². The summed E-state index contributed by atoms with van der Waals surface area (Å²) in [5, 5.41) is 6.08. The molecular formula is C13H14F2N2S. The normalized spacial score (nSPS) is 10.8. The Morgan fingerprint density at radius 2 is 2.11 bits per heavy atom. The van der Waals surface area contributed by atoms with E-state index in [4.69, 9.17) is 0 Å². The van der Waals surface area contributed by atoms with E-state index in [1.807, 2.05) is 5.38 Å². The van der Waals surface area contributed by atoms with Crippen LogP contribution in [-0.4, -0.2) is 18.1 Å². The third-order valence-corrected chi connectivity index (χ3v) is 3.44. The van der Waals surface area contributed by atoms with Crippen molar-refractivity contribution in [1.82, 2.24) is 10.3 Å². The van der Waals surface area contributed by atoms with Gasteiger partial charge in [0.15, 0.2) is 11.6 Å². The van der Waals surface area contributed by atoms with Crippen molar-refractivity contribution in [1.29, 1.82) is 0 Å². The highest BCUT2D eigenvalue weighted by molar-refractivity contribution is 7.09. The van der Waals surface area contributed by atoms with Crippen molar-refractivity contribution in [3.63, 3.8) is 0 Å². The predicted octanol–water partition coefficient (Wildman–Crippen LogP) is 3.24. The van der Waals surface area contributed by atoms with Crippen LogP contribution in [0.1, 0.15) is 11.9 Å². The quantitative estimate of drug-likeness (QED) is 0.842. The van der Waals surface area contributed by atoms with Gasteiger partial charge >= 0.3 is 0 Å². The molecule has 0 spiro atoms. The lowest BCUT2D eigenvalue weighted by molar-refractivity contribution is 0.509. The lowest BCUT2D eigenvalue weighted by atomic mass is 10.1. The Kier molecular flexibility index (Phi) is 4.38. The first-order chi connectivity index (χ1) is 8.70. The zero-order chi connectivity index (χ0) is 13.0. The molecule has 1 aromatic carbocycles. The summed E-state index contributed by atoms with van der Waals surface area (Å²) in [5.41, 5.74) is 1.31. The molecule has 0 unspecified atom stereocenters. The Morgan fingerprint density at radius 3 is 2.83 bits per heavy atom. The SMILES string of the molecule is CCNCCc1nc(-c2ccc(F)c(F)c2)cs1. The molecular weight excluding hydrogens is 254 g/mol. The summed E-state index contributed by atoms with van der Waals surface area (Å²) in [6, 6.07) is 3.85. The molecule has 96 valence electrons. The molecule has 0 bridgehead atoms. The summed E-state index contributed by atoms with van der Waals surface area (Å²) in [5.74, 6) is -1.67. The smallest absolute Gasteiger partial charge is 0.159 e. The van der Waals surface area contributed by atoms with Gasteiger partial charge in [0, 0.05) is 23.9 Å². The van der Waals surface area contributed by atoms with Crippen LogP contribution in [0, 0.1) is 11.6 Å². The van der Waals surface area contributed by atoms with E-state index in [0.717, 1.165) is 30.6 Å². The van der Waals surface area contributed by atoms with E-state index >= 15 is 0 Å². The Morgan fingerprint density at radius 1 is 1.28 bits per heavy atom. The molecule has 1 heterocycles. The molecule has 0 aliphatic rings. The molecule has 2 rings (SSSR count). The van der Waals surface area contributed by atoms with Gasteiger partial charge < -0.3 is 5.32 Å². The molecule has 0 aliphatic heterocycles. The van der Waals surface area contributed by atoms with Gasteiger partial charge in [0.1, 0.15) is 0 Å². The molecule has 2 aromatic rings. The van der Waals surface area contributed by atoms with Gasteiger partial charge in [0.2, 0.25) is 0 Å². The van der Waals surface area contributed by atoms with Gasteiger partial charge in [-0.1, -0.05) is 6.92 Å². The second-order valence-corrected chi connectivity index (χ2v) is 4.80. The number of nitrogens with zero attached hydrogens (tertiary/aromatic N) is 1. The van der Waals surface area contributed by atoms with Gasteiger partial charge in [0.05, 0.1) is 10.7 Å². The number of hydrogen-bond acceptors (Lipinski definition) is 3. The second kappa shape index (κ2) is 6.02. The van der Waals surface area contributed by atoms with Crippen LogP contribution in [0.4, 0.5) is 8.78 Å². The van der Waals surface area contributed by atoms with Gasteiger partial charge in [-0.15, -0.1) is 11.3 Å². The van der Waals surface area contributed by atoms with Crippen molar-refractivity contribution in [3.05, 3.63) is 40.2 Å². The van der Waals surface area contributed by atoms with Gasteiger partial charge in [-0.3, -0.25) is 0 Å². The van der Waals surface area contributed by atoms with Crippen molar-refractivity contribution in [2.45, 2.75) is 13.3 Å². The fourth-order valence-corrected chi connectivity index (χ4v) is 2.39. The highest BCUT2D eigenvalue weighted by atomic mass is 32.1. The van der Waals surface area contributed by atoms with Crippen molar-refractivity contribution in [3.8, 4) is 11.3 Å². The maximum absolute atomic E-state index is 13.1. The van der Waals surface area contributed by atoms with E-state index in [9.17, 15) is 8.78 Å². The molecule has 2 nitrogen and oxygen atoms in total. The van der Waals surface area contributed by atoms with Crippen LogP contribution in [0.25, 0.3) is 11.3 Å². The third kappa shape index (κ3) is 3.11. The summed E-state index contributed by atoms with van der Waals surface area (Å²) < 4.78 is 25.9. The Bertz CT molecular complexity index is 525. The van der Waals surface area contributed by atoms with Crippen molar-refractivity contribution < 1.29 is 8.78 Å². The molecule has 0 saturated carbocycles. The molecule has 1 N–H and O–H groups in total. The predicted molar refractivity (Wildman–Crippen MR) is 69.7 cm³/mol. The first kappa shape index (κ1) is 13.1. The van der Waals surface area contributed by atoms with Gasteiger partial charge in [-0.25, -0.2) is 13.8 Å². The van der Waals surface area contributed by atoms with E-state index in [-0.39, 0.29) is 0 Å². The van der Waals surface area contributed by atoms with Crippen LogP contribution in [0.2, 0.25) is 0 Å². The van der Waals surface area contributed by atoms with Crippen molar-refractivity contribution in [2.24, 2.45) is 0 Å². The van der Waals surface area contributed by atoms with Crippen LogP contribution in [0.3, 0.4) is 0 Å². The van der Waals surface area contributed by atoms with Crippen molar-refractivity contribution >= 4 is 11.3 Å². The zero-order valence-corrected chi connectivity index (χ0v) is 10.9. The highest BCUT2D eigenvalue weighted by Gasteiger charge is 2.08. The average molecular weight is 268 g/mol. The Labute approximate surface area is 109 Å². The number of thiazole rings is 1.